The van der Waals surface area contributed by atoms with Gasteiger partial charge in [-0.05, 0) is 18.5 Å². The lowest BCUT2D eigenvalue weighted by Crippen LogP contribution is -2.01. The molecule has 0 unspecified atom stereocenters. The van der Waals surface area contributed by atoms with Gasteiger partial charge in [0.2, 0.25) is 0 Å². The van der Waals surface area contributed by atoms with E-state index in [2.05, 4.69) is 12.1 Å². The Morgan fingerprint density at radius 2 is 1.78 bits per heavy atom. The fourth-order valence-corrected chi connectivity index (χ4v) is 0.811. The van der Waals surface area contributed by atoms with Crippen molar-refractivity contribution in [3.8, 4) is 0 Å². The predicted molar refractivity (Wildman–Crippen MR) is 39.2 cm³/mol. The van der Waals surface area contributed by atoms with E-state index in [-0.39, 0.29) is 0 Å². The van der Waals surface area contributed by atoms with Gasteiger partial charge >= 0.3 is 0 Å². The standard InChI is InChI=1S/C8H11N/c9-7-6-8-4-2-1-3-5-8/h1-5H,6-7,9H2/i7+1. The van der Waals surface area contributed by atoms with Crippen molar-refractivity contribution in [3.63, 3.8) is 0 Å². The van der Waals surface area contributed by atoms with E-state index in [0.29, 0.717) is 0 Å². The summed E-state index contributed by atoms with van der Waals surface area (Å²) in [6, 6.07) is 10.3. The van der Waals surface area contributed by atoms with E-state index in [1.165, 1.54) is 5.56 Å². The highest BCUT2D eigenvalue weighted by Gasteiger charge is 1.84. The highest BCUT2D eigenvalue weighted by molar-refractivity contribution is 5.14. The van der Waals surface area contributed by atoms with Crippen LogP contribution in [-0.2, 0) is 6.42 Å². The molecule has 1 aromatic rings. The highest BCUT2D eigenvalue weighted by Crippen LogP contribution is 1.96. The third kappa shape index (κ3) is 1.86. The Bertz CT molecular complexity index is 157. The number of nitrogens with two attached hydrogens (primary N) is 1. The Kier molecular flexibility index (Phi) is 2.28. The second kappa shape index (κ2) is 3.25. The Morgan fingerprint density at radius 3 is 2.33 bits per heavy atom. The number of rotatable bonds is 2. The zero-order valence-corrected chi connectivity index (χ0v) is 5.38. The molecule has 0 amide bonds. The van der Waals surface area contributed by atoms with Crippen molar-refractivity contribution in [3.05, 3.63) is 35.9 Å². The molecule has 0 bridgehead atoms. The third-order valence-electron chi connectivity index (χ3n) is 1.28. The molecule has 1 nitrogen and oxygen atoms in total. The fraction of sp³-hybridized carbons (Fsp3) is 0.250. The van der Waals surface area contributed by atoms with Crippen molar-refractivity contribution in [2.24, 2.45) is 5.73 Å². The third-order valence-corrected chi connectivity index (χ3v) is 1.28. The van der Waals surface area contributed by atoms with Gasteiger partial charge in [-0.3, -0.25) is 0 Å². The molecule has 1 heteroatoms. The van der Waals surface area contributed by atoms with Gasteiger partial charge in [0, 0.05) is 0 Å². The fourth-order valence-electron chi connectivity index (χ4n) is 0.811. The van der Waals surface area contributed by atoms with Crippen LogP contribution in [0.4, 0.5) is 0 Å². The van der Waals surface area contributed by atoms with Gasteiger partial charge in [-0.25, -0.2) is 0 Å². The summed E-state index contributed by atoms with van der Waals surface area (Å²) in [4.78, 5) is 0. The van der Waals surface area contributed by atoms with Gasteiger partial charge in [0.1, 0.15) is 0 Å². The SMILES string of the molecule is N[13CH2]Cc1ccccc1. The first-order valence-electron chi connectivity index (χ1n) is 3.17. The summed E-state index contributed by atoms with van der Waals surface area (Å²) in [5.74, 6) is 0. The Hall–Kier alpha value is -0.820. The van der Waals surface area contributed by atoms with Crippen LogP contribution in [0.1, 0.15) is 5.56 Å². The molecule has 0 aromatic heterocycles. The van der Waals surface area contributed by atoms with E-state index < -0.39 is 0 Å². The molecule has 0 fully saturated rings. The smallest absolute Gasteiger partial charge is 0.00367 e. The molecule has 0 aliphatic carbocycles. The van der Waals surface area contributed by atoms with E-state index in [4.69, 9.17) is 5.73 Å². The second-order valence-electron chi connectivity index (χ2n) is 2.02. The molecular formula is C8H11N. The summed E-state index contributed by atoms with van der Waals surface area (Å²) < 4.78 is 0. The first-order chi connectivity index (χ1) is 4.43. The van der Waals surface area contributed by atoms with E-state index in [9.17, 15) is 0 Å². The first-order valence-corrected chi connectivity index (χ1v) is 3.17. The zero-order valence-electron chi connectivity index (χ0n) is 5.38. The molecule has 0 aliphatic heterocycles. The number of hydrogen-bond donors (Lipinski definition) is 1. The van der Waals surface area contributed by atoms with Crippen LogP contribution >= 0.6 is 0 Å². The molecule has 2 N–H and O–H groups in total. The molecule has 0 aliphatic rings. The quantitative estimate of drug-likeness (QED) is 0.586. The predicted octanol–water partition coefficient (Wildman–Crippen LogP) is 1.19. The van der Waals surface area contributed by atoms with Crippen molar-refractivity contribution in [2.75, 3.05) is 6.54 Å². The highest BCUT2D eigenvalue weighted by atomic mass is 14.8. The summed E-state index contributed by atoms with van der Waals surface area (Å²) in [7, 11) is 0. The van der Waals surface area contributed by atoms with Gasteiger partial charge in [0.25, 0.3) is 0 Å². The average molecular weight is 122 g/mol. The summed E-state index contributed by atoms with van der Waals surface area (Å²) in [6.07, 6.45) is 0.987. The van der Waals surface area contributed by atoms with Crippen LogP contribution in [0.5, 0.6) is 0 Å². The van der Waals surface area contributed by atoms with E-state index in [1.807, 2.05) is 18.2 Å². The summed E-state index contributed by atoms with van der Waals surface area (Å²) in [6.45, 7) is 0.740. The lowest BCUT2D eigenvalue weighted by Gasteiger charge is -1.93. The van der Waals surface area contributed by atoms with Crippen LogP contribution in [0.25, 0.3) is 0 Å². The van der Waals surface area contributed by atoms with E-state index in [0.717, 1.165) is 13.0 Å². The summed E-state index contributed by atoms with van der Waals surface area (Å²) in [5, 5.41) is 0. The van der Waals surface area contributed by atoms with Crippen molar-refractivity contribution in [2.45, 2.75) is 6.42 Å². The van der Waals surface area contributed by atoms with E-state index >= 15 is 0 Å². The molecule has 0 saturated carbocycles. The largest absolute Gasteiger partial charge is 0.330 e. The molecule has 0 saturated heterocycles. The molecule has 0 spiro atoms. The maximum Gasteiger partial charge on any atom is -0.00367 e. The minimum atomic E-state index is 0.740. The average Bonchev–Trinajstić information content (AvgIpc) is 1.91. The normalized spacial score (nSPS) is 9.44. The van der Waals surface area contributed by atoms with Gasteiger partial charge < -0.3 is 5.73 Å². The van der Waals surface area contributed by atoms with Crippen LogP contribution in [0.15, 0.2) is 30.3 Å². The Labute approximate surface area is 55.5 Å². The van der Waals surface area contributed by atoms with Crippen molar-refractivity contribution in [1.29, 1.82) is 0 Å². The maximum atomic E-state index is 5.36. The van der Waals surface area contributed by atoms with Crippen LogP contribution in [0.3, 0.4) is 0 Å². The minimum absolute atomic E-state index is 0.740. The molecule has 0 heterocycles. The minimum Gasteiger partial charge on any atom is -0.330 e. The van der Waals surface area contributed by atoms with Gasteiger partial charge in [-0.15, -0.1) is 0 Å². The first kappa shape index (κ1) is 6.30. The van der Waals surface area contributed by atoms with Crippen LogP contribution in [0, 0.1) is 0 Å². The molecule has 0 atom stereocenters. The molecule has 0 radical (unpaired) electrons. The lowest BCUT2D eigenvalue weighted by atomic mass is 10.2. The lowest BCUT2D eigenvalue weighted by molar-refractivity contribution is 0.969. The van der Waals surface area contributed by atoms with Crippen LogP contribution < -0.4 is 5.73 Å². The molecule has 9 heavy (non-hydrogen) atoms. The second-order valence-corrected chi connectivity index (χ2v) is 2.02. The van der Waals surface area contributed by atoms with Crippen molar-refractivity contribution in [1.82, 2.24) is 0 Å². The van der Waals surface area contributed by atoms with Crippen LogP contribution in [-0.4, -0.2) is 6.54 Å². The number of benzene rings is 1. The van der Waals surface area contributed by atoms with Crippen molar-refractivity contribution < 1.29 is 0 Å². The van der Waals surface area contributed by atoms with Gasteiger partial charge in [0.05, 0.1) is 0 Å². The zero-order chi connectivity index (χ0) is 6.53. The van der Waals surface area contributed by atoms with Crippen LogP contribution in [0.2, 0.25) is 0 Å². The molecule has 1 rings (SSSR count). The molecule has 1 aromatic carbocycles. The van der Waals surface area contributed by atoms with Gasteiger partial charge in [-0.1, -0.05) is 30.3 Å². The van der Waals surface area contributed by atoms with E-state index in [1.54, 1.807) is 0 Å². The Balaban J connectivity index is 2.61. The van der Waals surface area contributed by atoms with Crippen molar-refractivity contribution >= 4 is 0 Å². The number of hydrogen-bond acceptors (Lipinski definition) is 1. The molecular weight excluding hydrogens is 111 g/mol. The Morgan fingerprint density at radius 1 is 1.11 bits per heavy atom. The summed E-state index contributed by atoms with van der Waals surface area (Å²) in [5.41, 5.74) is 6.68. The topological polar surface area (TPSA) is 26.0 Å². The maximum absolute atomic E-state index is 5.36. The van der Waals surface area contributed by atoms with Gasteiger partial charge in [0.15, 0.2) is 0 Å². The van der Waals surface area contributed by atoms with Gasteiger partial charge in [-0.2, -0.15) is 0 Å². The summed E-state index contributed by atoms with van der Waals surface area (Å²) >= 11 is 0. The molecule has 48 valence electrons. The monoisotopic (exact) mass is 122 g/mol.